The SMILES string of the molecule is c1cc(N2CCCC2)ccn1.c1cc(N2CCCC2)ccn1. The zero-order valence-corrected chi connectivity index (χ0v) is 13.1. The van der Waals surface area contributed by atoms with Gasteiger partial charge in [-0.3, -0.25) is 9.97 Å². The lowest BCUT2D eigenvalue weighted by molar-refractivity contribution is 0.949. The normalized spacial score (nSPS) is 17.3. The third-order valence-electron chi connectivity index (χ3n) is 4.27. The zero-order chi connectivity index (χ0) is 15.0. The summed E-state index contributed by atoms with van der Waals surface area (Å²) < 4.78 is 0. The molecule has 0 aliphatic carbocycles. The highest BCUT2D eigenvalue weighted by molar-refractivity contribution is 5.45. The lowest BCUT2D eigenvalue weighted by atomic mass is 10.4. The average molecular weight is 296 g/mol. The van der Waals surface area contributed by atoms with Crippen molar-refractivity contribution >= 4 is 11.4 Å². The van der Waals surface area contributed by atoms with Crippen LogP contribution in [0.4, 0.5) is 11.4 Å². The van der Waals surface area contributed by atoms with Crippen molar-refractivity contribution in [2.24, 2.45) is 0 Å². The number of hydrogen-bond acceptors (Lipinski definition) is 4. The third kappa shape index (κ3) is 3.97. The van der Waals surface area contributed by atoms with Gasteiger partial charge < -0.3 is 9.80 Å². The van der Waals surface area contributed by atoms with Gasteiger partial charge in [0.2, 0.25) is 0 Å². The molecule has 0 aromatic carbocycles. The van der Waals surface area contributed by atoms with Gasteiger partial charge >= 0.3 is 0 Å². The Morgan fingerprint density at radius 2 is 0.864 bits per heavy atom. The van der Waals surface area contributed by atoms with Crippen molar-refractivity contribution in [3.05, 3.63) is 49.1 Å². The monoisotopic (exact) mass is 296 g/mol. The van der Waals surface area contributed by atoms with Gasteiger partial charge in [-0.25, -0.2) is 0 Å². The number of aromatic nitrogens is 2. The number of nitrogens with zero attached hydrogens (tertiary/aromatic N) is 4. The van der Waals surface area contributed by atoms with Crippen LogP contribution in [0, 0.1) is 0 Å². The fourth-order valence-electron chi connectivity index (χ4n) is 3.06. The average Bonchev–Trinajstić information content (AvgIpc) is 3.31. The van der Waals surface area contributed by atoms with Crippen LogP contribution in [0.5, 0.6) is 0 Å². The molecule has 22 heavy (non-hydrogen) atoms. The number of hydrogen-bond donors (Lipinski definition) is 0. The Morgan fingerprint density at radius 1 is 0.545 bits per heavy atom. The van der Waals surface area contributed by atoms with Crippen molar-refractivity contribution in [3.8, 4) is 0 Å². The molecule has 0 spiro atoms. The lowest BCUT2D eigenvalue weighted by Crippen LogP contribution is -2.17. The molecular weight excluding hydrogens is 272 g/mol. The summed E-state index contributed by atoms with van der Waals surface area (Å²) in [6.07, 6.45) is 12.8. The summed E-state index contributed by atoms with van der Waals surface area (Å²) in [5, 5.41) is 0. The molecule has 0 bridgehead atoms. The number of pyridine rings is 2. The molecule has 2 aliphatic heterocycles. The molecule has 0 radical (unpaired) electrons. The molecule has 2 aromatic rings. The Labute approximate surface area is 132 Å². The number of anilines is 2. The summed E-state index contributed by atoms with van der Waals surface area (Å²) in [6.45, 7) is 4.85. The Balaban J connectivity index is 0.000000131. The van der Waals surface area contributed by atoms with Crippen LogP contribution in [0.3, 0.4) is 0 Å². The van der Waals surface area contributed by atoms with Gasteiger partial charge in [0.1, 0.15) is 0 Å². The summed E-state index contributed by atoms with van der Waals surface area (Å²) >= 11 is 0. The van der Waals surface area contributed by atoms with Crippen LogP contribution in [0.15, 0.2) is 49.1 Å². The second kappa shape index (κ2) is 7.78. The summed E-state index contributed by atoms with van der Waals surface area (Å²) in [6, 6.07) is 8.30. The minimum absolute atomic E-state index is 1.21. The maximum Gasteiger partial charge on any atom is 0.0397 e. The minimum Gasteiger partial charge on any atom is -0.371 e. The van der Waals surface area contributed by atoms with Crippen molar-refractivity contribution in [2.45, 2.75) is 25.7 Å². The van der Waals surface area contributed by atoms with E-state index in [9.17, 15) is 0 Å². The van der Waals surface area contributed by atoms with E-state index in [1.54, 1.807) is 0 Å². The second-order valence-corrected chi connectivity index (χ2v) is 5.80. The van der Waals surface area contributed by atoms with Gasteiger partial charge in [-0.2, -0.15) is 0 Å². The first-order valence-electron chi connectivity index (χ1n) is 8.23. The summed E-state index contributed by atoms with van der Waals surface area (Å²) in [7, 11) is 0. The zero-order valence-electron chi connectivity index (χ0n) is 13.1. The van der Waals surface area contributed by atoms with Crippen molar-refractivity contribution in [3.63, 3.8) is 0 Å². The minimum atomic E-state index is 1.21. The molecule has 2 aliphatic rings. The van der Waals surface area contributed by atoms with Crippen LogP contribution in [0.1, 0.15) is 25.7 Å². The molecule has 2 aromatic heterocycles. The molecule has 0 unspecified atom stereocenters. The van der Waals surface area contributed by atoms with Crippen LogP contribution >= 0.6 is 0 Å². The predicted molar refractivity (Wildman–Crippen MR) is 91.4 cm³/mol. The van der Waals surface area contributed by atoms with Crippen molar-refractivity contribution in [2.75, 3.05) is 36.0 Å². The molecule has 0 N–H and O–H groups in total. The van der Waals surface area contributed by atoms with Crippen LogP contribution < -0.4 is 9.80 Å². The van der Waals surface area contributed by atoms with E-state index in [1.807, 2.05) is 24.8 Å². The first-order chi connectivity index (χ1) is 10.9. The maximum absolute atomic E-state index is 3.99. The molecule has 4 heterocycles. The van der Waals surface area contributed by atoms with Crippen molar-refractivity contribution < 1.29 is 0 Å². The molecular formula is C18H24N4. The smallest absolute Gasteiger partial charge is 0.0397 e. The molecule has 0 amide bonds. The Morgan fingerprint density at radius 3 is 1.18 bits per heavy atom. The Hall–Kier alpha value is -2.10. The van der Waals surface area contributed by atoms with E-state index in [1.165, 1.54) is 63.2 Å². The third-order valence-corrected chi connectivity index (χ3v) is 4.27. The van der Waals surface area contributed by atoms with Gasteiger partial charge in [0.15, 0.2) is 0 Å². The van der Waals surface area contributed by atoms with Gasteiger partial charge in [0, 0.05) is 62.3 Å². The van der Waals surface area contributed by atoms with E-state index in [0.717, 1.165) is 0 Å². The van der Waals surface area contributed by atoms with E-state index in [4.69, 9.17) is 0 Å². The van der Waals surface area contributed by atoms with E-state index in [0.29, 0.717) is 0 Å². The first kappa shape index (κ1) is 14.8. The molecule has 0 saturated carbocycles. The van der Waals surface area contributed by atoms with Crippen LogP contribution in [-0.4, -0.2) is 36.1 Å². The molecule has 2 fully saturated rings. The summed E-state index contributed by atoms with van der Waals surface area (Å²) in [5.74, 6) is 0. The largest absolute Gasteiger partial charge is 0.371 e. The first-order valence-corrected chi connectivity index (χ1v) is 8.23. The summed E-state index contributed by atoms with van der Waals surface area (Å²) in [4.78, 5) is 12.8. The highest BCUT2D eigenvalue weighted by Crippen LogP contribution is 2.18. The standard InChI is InChI=1S/2C9H12N2/c2*1-2-8-11(7-1)9-3-5-10-6-4-9/h2*3-6H,1-2,7-8H2. The second-order valence-electron chi connectivity index (χ2n) is 5.80. The maximum atomic E-state index is 3.99. The number of rotatable bonds is 2. The van der Waals surface area contributed by atoms with E-state index >= 15 is 0 Å². The van der Waals surface area contributed by atoms with Crippen LogP contribution in [0.25, 0.3) is 0 Å². The van der Waals surface area contributed by atoms with Crippen LogP contribution in [-0.2, 0) is 0 Å². The molecule has 4 nitrogen and oxygen atoms in total. The topological polar surface area (TPSA) is 32.3 Å². The summed E-state index contributed by atoms with van der Waals surface area (Å²) in [5.41, 5.74) is 2.63. The predicted octanol–water partition coefficient (Wildman–Crippen LogP) is 3.36. The van der Waals surface area contributed by atoms with E-state index < -0.39 is 0 Å². The molecule has 0 atom stereocenters. The molecule has 2 saturated heterocycles. The molecule has 4 heteroatoms. The Kier molecular flexibility index (Phi) is 5.24. The fourth-order valence-corrected chi connectivity index (χ4v) is 3.06. The van der Waals surface area contributed by atoms with E-state index in [-0.39, 0.29) is 0 Å². The van der Waals surface area contributed by atoms with Crippen molar-refractivity contribution in [1.82, 2.24) is 9.97 Å². The lowest BCUT2D eigenvalue weighted by Gasteiger charge is -2.16. The molecule has 4 rings (SSSR count). The highest BCUT2D eigenvalue weighted by Gasteiger charge is 2.11. The van der Waals surface area contributed by atoms with Gasteiger partial charge in [-0.1, -0.05) is 0 Å². The fraction of sp³-hybridized carbons (Fsp3) is 0.444. The van der Waals surface area contributed by atoms with Gasteiger partial charge in [-0.05, 0) is 49.9 Å². The van der Waals surface area contributed by atoms with Gasteiger partial charge in [-0.15, -0.1) is 0 Å². The van der Waals surface area contributed by atoms with Crippen LogP contribution in [0.2, 0.25) is 0 Å². The quantitative estimate of drug-likeness (QED) is 0.850. The molecule has 116 valence electrons. The van der Waals surface area contributed by atoms with Gasteiger partial charge in [0.25, 0.3) is 0 Å². The Bertz CT molecular complexity index is 480. The van der Waals surface area contributed by atoms with E-state index in [2.05, 4.69) is 44.0 Å². The van der Waals surface area contributed by atoms with Crippen molar-refractivity contribution in [1.29, 1.82) is 0 Å². The highest BCUT2D eigenvalue weighted by atomic mass is 15.1. The van der Waals surface area contributed by atoms with Gasteiger partial charge in [0.05, 0.1) is 0 Å².